The van der Waals surface area contributed by atoms with Crippen molar-refractivity contribution < 1.29 is 8.42 Å². The second-order valence-electron chi connectivity index (χ2n) is 1.80. The van der Waals surface area contributed by atoms with Crippen molar-refractivity contribution in [3.63, 3.8) is 0 Å². The van der Waals surface area contributed by atoms with E-state index in [0.717, 1.165) is 11.3 Å². The Bertz CT molecular complexity index is 398. The number of primary sulfonamides is 1. The minimum absolute atomic E-state index is 0.000880. The van der Waals surface area contributed by atoms with Gasteiger partial charge in [0.2, 0.25) is 10.0 Å². The maximum absolute atomic E-state index is 10.6. The van der Waals surface area contributed by atoms with Crippen molar-refractivity contribution >= 4 is 21.4 Å². The van der Waals surface area contributed by atoms with Crippen LogP contribution in [-0.4, -0.2) is 8.42 Å². The molecule has 4 nitrogen and oxygen atoms in total. The first kappa shape index (κ1) is 8.20. The number of nitriles is 1. The van der Waals surface area contributed by atoms with Gasteiger partial charge in [0, 0.05) is 5.38 Å². The quantitative estimate of drug-likeness (QED) is 0.686. The van der Waals surface area contributed by atoms with Gasteiger partial charge in [-0.05, 0) is 6.07 Å². The molecule has 0 fully saturated rings. The SMILES string of the molecule is N#Cc1cc(S(N)(=O)=O)cs1. The van der Waals surface area contributed by atoms with Crippen molar-refractivity contribution in [1.29, 1.82) is 5.26 Å². The lowest BCUT2D eigenvalue weighted by molar-refractivity contribution is 0.598. The standard InChI is InChI=1S/C5H4N2O2S2/c6-2-4-1-5(3-10-4)11(7,8)9/h1,3H,(H2,7,8,9). The average molecular weight is 188 g/mol. The zero-order valence-electron chi connectivity index (χ0n) is 5.31. The Morgan fingerprint density at radius 1 is 1.64 bits per heavy atom. The van der Waals surface area contributed by atoms with E-state index >= 15 is 0 Å². The van der Waals surface area contributed by atoms with Crippen LogP contribution in [0.25, 0.3) is 0 Å². The smallest absolute Gasteiger partial charge is 0.225 e. The second-order valence-corrected chi connectivity index (χ2v) is 4.28. The highest BCUT2D eigenvalue weighted by Crippen LogP contribution is 2.16. The third-order valence-electron chi connectivity index (χ3n) is 1.01. The molecular weight excluding hydrogens is 184 g/mol. The van der Waals surface area contributed by atoms with E-state index in [4.69, 9.17) is 10.4 Å². The number of hydrogen-bond donors (Lipinski definition) is 1. The van der Waals surface area contributed by atoms with Crippen LogP contribution >= 0.6 is 11.3 Å². The van der Waals surface area contributed by atoms with Gasteiger partial charge in [-0.2, -0.15) is 5.26 Å². The van der Waals surface area contributed by atoms with Crippen molar-refractivity contribution in [1.82, 2.24) is 0 Å². The van der Waals surface area contributed by atoms with E-state index in [1.165, 1.54) is 11.4 Å². The van der Waals surface area contributed by atoms with Crippen LogP contribution in [0.15, 0.2) is 16.3 Å². The van der Waals surface area contributed by atoms with Crippen LogP contribution in [0.5, 0.6) is 0 Å². The molecule has 11 heavy (non-hydrogen) atoms. The molecule has 1 heterocycles. The molecule has 0 unspecified atom stereocenters. The molecule has 0 radical (unpaired) electrons. The Kier molecular flexibility index (Phi) is 1.95. The minimum atomic E-state index is -3.63. The lowest BCUT2D eigenvalue weighted by Crippen LogP contribution is -2.10. The van der Waals surface area contributed by atoms with E-state index in [-0.39, 0.29) is 4.90 Å². The topological polar surface area (TPSA) is 83.9 Å². The van der Waals surface area contributed by atoms with Gasteiger partial charge in [-0.3, -0.25) is 0 Å². The molecule has 1 aromatic rings. The fraction of sp³-hybridized carbons (Fsp3) is 0. The second kappa shape index (κ2) is 2.62. The van der Waals surface area contributed by atoms with Crippen LogP contribution in [0, 0.1) is 11.3 Å². The molecule has 0 saturated heterocycles. The molecule has 0 aliphatic carbocycles. The first-order valence-corrected chi connectivity index (χ1v) is 4.98. The van der Waals surface area contributed by atoms with Gasteiger partial charge in [-0.1, -0.05) is 0 Å². The Morgan fingerprint density at radius 3 is 2.55 bits per heavy atom. The highest BCUT2D eigenvalue weighted by molar-refractivity contribution is 7.89. The summed E-state index contributed by atoms with van der Waals surface area (Å²) in [6.45, 7) is 0. The van der Waals surface area contributed by atoms with Gasteiger partial charge in [-0.25, -0.2) is 13.6 Å². The highest BCUT2D eigenvalue weighted by atomic mass is 32.2. The molecule has 0 aliphatic heterocycles. The summed E-state index contributed by atoms with van der Waals surface area (Å²) in [5.74, 6) is 0. The summed E-state index contributed by atoms with van der Waals surface area (Å²) in [6.07, 6.45) is 0. The molecule has 0 aromatic carbocycles. The van der Waals surface area contributed by atoms with Gasteiger partial charge in [0.15, 0.2) is 0 Å². The van der Waals surface area contributed by atoms with Crippen molar-refractivity contribution in [3.8, 4) is 6.07 Å². The van der Waals surface area contributed by atoms with E-state index < -0.39 is 10.0 Å². The van der Waals surface area contributed by atoms with E-state index in [1.807, 2.05) is 6.07 Å². The molecule has 0 saturated carbocycles. The largest absolute Gasteiger partial charge is 0.238 e. The predicted octanol–water partition coefficient (Wildman–Crippen LogP) is 0.267. The lowest BCUT2D eigenvalue weighted by Gasteiger charge is -1.87. The number of thiophene rings is 1. The molecular formula is C5H4N2O2S2. The Balaban J connectivity index is 3.22. The van der Waals surface area contributed by atoms with Crippen LogP contribution in [0.4, 0.5) is 0 Å². The fourth-order valence-electron chi connectivity index (χ4n) is 0.527. The summed E-state index contributed by atoms with van der Waals surface area (Å²) in [5, 5.41) is 14.5. The fourth-order valence-corrected chi connectivity index (χ4v) is 2.12. The zero-order chi connectivity index (χ0) is 8.48. The maximum Gasteiger partial charge on any atom is 0.238 e. The molecule has 0 bridgehead atoms. The summed E-state index contributed by atoms with van der Waals surface area (Å²) < 4.78 is 21.3. The van der Waals surface area contributed by atoms with E-state index in [1.54, 1.807) is 0 Å². The Hall–Kier alpha value is -0.900. The van der Waals surface area contributed by atoms with E-state index in [2.05, 4.69) is 0 Å². The molecule has 1 rings (SSSR count). The minimum Gasteiger partial charge on any atom is -0.225 e. The van der Waals surface area contributed by atoms with Gasteiger partial charge in [0.25, 0.3) is 0 Å². The van der Waals surface area contributed by atoms with Crippen LogP contribution in [0.2, 0.25) is 0 Å². The molecule has 58 valence electrons. The molecule has 0 aliphatic rings. The molecule has 1 aromatic heterocycles. The first-order chi connectivity index (χ1) is 5.04. The normalized spacial score (nSPS) is 10.9. The Morgan fingerprint density at radius 2 is 2.27 bits per heavy atom. The van der Waals surface area contributed by atoms with Crippen LogP contribution in [-0.2, 0) is 10.0 Å². The third-order valence-corrected chi connectivity index (χ3v) is 2.89. The van der Waals surface area contributed by atoms with Crippen LogP contribution in [0.3, 0.4) is 0 Å². The van der Waals surface area contributed by atoms with E-state index in [0.29, 0.717) is 4.88 Å². The van der Waals surface area contributed by atoms with Gasteiger partial charge in [-0.15, -0.1) is 11.3 Å². The zero-order valence-corrected chi connectivity index (χ0v) is 6.95. The average Bonchev–Trinajstić information content (AvgIpc) is 2.32. The summed E-state index contributed by atoms with van der Waals surface area (Å²) >= 11 is 1.06. The van der Waals surface area contributed by atoms with Gasteiger partial charge in [0.1, 0.15) is 10.9 Å². The van der Waals surface area contributed by atoms with Gasteiger partial charge < -0.3 is 0 Å². The molecule has 6 heteroatoms. The number of nitrogens with zero attached hydrogens (tertiary/aromatic N) is 1. The van der Waals surface area contributed by atoms with Crippen molar-refractivity contribution in [3.05, 3.63) is 16.3 Å². The highest BCUT2D eigenvalue weighted by Gasteiger charge is 2.09. The molecule has 2 N–H and O–H groups in total. The number of rotatable bonds is 1. The molecule has 0 spiro atoms. The summed E-state index contributed by atoms with van der Waals surface area (Å²) in [5.41, 5.74) is 0. The van der Waals surface area contributed by atoms with Crippen molar-refractivity contribution in [2.75, 3.05) is 0 Å². The maximum atomic E-state index is 10.6. The van der Waals surface area contributed by atoms with Crippen molar-refractivity contribution in [2.24, 2.45) is 5.14 Å². The number of sulfonamides is 1. The van der Waals surface area contributed by atoms with Gasteiger partial charge >= 0.3 is 0 Å². The summed E-state index contributed by atoms with van der Waals surface area (Å²) in [6, 6.07) is 3.07. The first-order valence-electron chi connectivity index (χ1n) is 2.55. The van der Waals surface area contributed by atoms with Crippen LogP contribution in [0.1, 0.15) is 4.88 Å². The number of nitrogens with two attached hydrogens (primary N) is 1. The lowest BCUT2D eigenvalue weighted by atomic mass is 10.5. The Labute approximate surface area is 67.9 Å². The third kappa shape index (κ3) is 1.77. The predicted molar refractivity (Wildman–Crippen MR) is 40.4 cm³/mol. The van der Waals surface area contributed by atoms with Crippen molar-refractivity contribution in [2.45, 2.75) is 4.90 Å². The van der Waals surface area contributed by atoms with E-state index in [9.17, 15) is 8.42 Å². The van der Waals surface area contributed by atoms with Crippen LogP contribution < -0.4 is 5.14 Å². The number of hydrogen-bond acceptors (Lipinski definition) is 4. The monoisotopic (exact) mass is 188 g/mol. The summed E-state index contributed by atoms with van der Waals surface area (Å²) in [4.78, 5) is 0.341. The molecule has 0 amide bonds. The molecule has 0 atom stereocenters. The summed E-state index contributed by atoms with van der Waals surface area (Å²) in [7, 11) is -3.63. The van der Waals surface area contributed by atoms with Gasteiger partial charge in [0.05, 0.1) is 4.90 Å².